The van der Waals surface area contributed by atoms with Crippen molar-refractivity contribution in [2.75, 3.05) is 6.54 Å². The number of nitrogens with one attached hydrogen (secondary N) is 1. The van der Waals surface area contributed by atoms with E-state index in [4.69, 9.17) is 14.4 Å². The molecule has 0 bridgehead atoms. The smallest absolute Gasteiger partial charge is 0.425 e. The molecule has 0 aliphatic heterocycles. The minimum absolute atomic E-state index is 0.0419. The number of aromatic nitrogens is 3. The van der Waals surface area contributed by atoms with Crippen LogP contribution in [0.15, 0.2) is 16.8 Å². The second kappa shape index (κ2) is 15.0. The Kier molecular flexibility index (Phi) is 12.0. The van der Waals surface area contributed by atoms with Gasteiger partial charge in [0.2, 0.25) is 5.89 Å². The van der Waals surface area contributed by atoms with Gasteiger partial charge in [-0.05, 0) is 64.3 Å². The lowest BCUT2D eigenvalue weighted by atomic mass is 9.94. The molecule has 2 aromatic rings. The number of halogens is 3. The van der Waals surface area contributed by atoms with E-state index in [-0.39, 0.29) is 22.9 Å². The molecular weight excluding hydrogens is 537 g/mol. The van der Waals surface area contributed by atoms with E-state index in [9.17, 15) is 18.0 Å². The van der Waals surface area contributed by atoms with Gasteiger partial charge in [-0.3, -0.25) is 0 Å². The Morgan fingerprint density at radius 1 is 1.12 bits per heavy atom. The summed E-state index contributed by atoms with van der Waals surface area (Å²) < 4.78 is 47.5. The lowest BCUT2D eigenvalue weighted by Gasteiger charge is -2.27. The van der Waals surface area contributed by atoms with Crippen LogP contribution in [0, 0.1) is 12.8 Å². The molecule has 2 aliphatic carbocycles. The SMILES string of the molecule is CCCCCCCCCCNC(C)(c1noc(C)n1)C1CC1.C[C@@H](Oc1cc(C(=O)O)ncc1C1CC1)C(F)(F)F. The van der Waals surface area contributed by atoms with Crippen LogP contribution in [0.2, 0.25) is 0 Å². The third kappa shape index (κ3) is 10.3. The van der Waals surface area contributed by atoms with E-state index in [2.05, 4.69) is 34.3 Å². The lowest BCUT2D eigenvalue weighted by Crippen LogP contribution is -2.43. The number of unbranched alkanes of at least 4 members (excludes halogenated alkanes) is 7. The first-order chi connectivity index (χ1) is 19.5. The highest BCUT2D eigenvalue weighted by Crippen LogP contribution is 2.45. The molecule has 0 saturated heterocycles. The molecule has 0 aromatic carbocycles. The van der Waals surface area contributed by atoms with E-state index < -0.39 is 18.2 Å². The summed E-state index contributed by atoms with van der Waals surface area (Å²) in [6, 6.07) is 1.05. The average Bonchev–Trinajstić information content (AvgIpc) is 3.85. The highest BCUT2D eigenvalue weighted by Gasteiger charge is 2.45. The number of aromatic carboxylic acids is 1. The van der Waals surface area contributed by atoms with Crippen LogP contribution in [-0.2, 0) is 5.54 Å². The minimum Gasteiger partial charge on any atom is -0.481 e. The molecule has 0 radical (unpaired) electrons. The maximum atomic E-state index is 12.5. The molecule has 230 valence electrons. The van der Waals surface area contributed by atoms with Gasteiger partial charge in [-0.1, -0.05) is 57.0 Å². The van der Waals surface area contributed by atoms with Crippen LogP contribution in [0.5, 0.6) is 5.75 Å². The van der Waals surface area contributed by atoms with Crippen LogP contribution in [0.25, 0.3) is 0 Å². The van der Waals surface area contributed by atoms with Gasteiger partial charge in [0.25, 0.3) is 0 Å². The molecule has 2 fully saturated rings. The van der Waals surface area contributed by atoms with Crippen molar-refractivity contribution in [1.82, 2.24) is 20.4 Å². The maximum absolute atomic E-state index is 12.5. The number of alkyl halides is 3. The van der Waals surface area contributed by atoms with E-state index in [0.29, 0.717) is 17.4 Å². The zero-order valence-corrected chi connectivity index (χ0v) is 24.7. The number of hydrogen-bond donors (Lipinski definition) is 2. The summed E-state index contributed by atoms with van der Waals surface area (Å²) in [6.45, 7) is 8.31. The van der Waals surface area contributed by atoms with Crippen molar-refractivity contribution in [2.45, 2.75) is 128 Å². The highest BCUT2D eigenvalue weighted by atomic mass is 19.4. The van der Waals surface area contributed by atoms with Gasteiger partial charge in [0.05, 0.1) is 5.54 Å². The van der Waals surface area contributed by atoms with E-state index in [1.54, 1.807) is 0 Å². The van der Waals surface area contributed by atoms with Gasteiger partial charge in [0.1, 0.15) is 5.75 Å². The molecule has 0 spiro atoms. The molecule has 2 aliphatic rings. The number of pyridine rings is 1. The molecule has 11 heteroatoms. The van der Waals surface area contributed by atoms with Crippen LogP contribution < -0.4 is 10.1 Å². The summed E-state index contributed by atoms with van der Waals surface area (Å²) in [7, 11) is 0. The van der Waals surface area contributed by atoms with Crippen LogP contribution in [0.3, 0.4) is 0 Å². The van der Waals surface area contributed by atoms with Crippen molar-refractivity contribution in [3.05, 3.63) is 35.2 Å². The Morgan fingerprint density at radius 3 is 2.27 bits per heavy atom. The predicted molar refractivity (Wildman–Crippen MR) is 149 cm³/mol. The van der Waals surface area contributed by atoms with Gasteiger partial charge >= 0.3 is 12.1 Å². The fourth-order valence-electron chi connectivity index (χ4n) is 4.81. The number of aryl methyl sites for hydroxylation is 1. The number of ether oxygens (including phenoxy) is 1. The number of hydrogen-bond acceptors (Lipinski definition) is 7. The standard InChI is InChI=1S/C18H33N3O.C12H12F3NO3/c1-4-5-6-7-8-9-10-11-14-19-18(3,16-12-13-16)17-20-15(2)22-21-17;1-6(12(13,14)15)19-10-4-9(11(17)18)16-5-8(10)7-2-3-7/h16,19H,4-14H2,1-3H3;4-7H,2-3H2,1H3,(H,17,18)/t;6-/m.1/s1. The molecule has 2 atom stereocenters. The van der Waals surface area contributed by atoms with E-state index in [1.165, 1.54) is 70.4 Å². The molecule has 2 saturated carbocycles. The largest absolute Gasteiger partial charge is 0.481 e. The fraction of sp³-hybridized carbons (Fsp3) is 0.733. The van der Waals surface area contributed by atoms with E-state index in [0.717, 1.165) is 38.2 Å². The summed E-state index contributed by atoms with van der Waals surface area (Å²) in [5.41, 5.74) is 0.119. The molecule has 0 amide bonds. The third-order valence-electron chi connectivity index (χ3n) is 7.80. The second-order valence-electron chi connectivity index (χ2n) is 11.5. The van der Waals surface area contributed by atoms with Gasteiger partial charge in [0, 0.05) is 24.8 Å². The summed E-state index contributed by atoms with van der Waals surface area (Å²) in [5.74, 6) is 0.943. The van der Waals surface area contributed by atoms with Crippen LogP contribution >= 0.6 is 0 Å². The van der Waals surface area contributed by atoms with E-state index in [1.807, 2.05) is 6.92 Å². The highest BCUT2D eigenvalue weighted by molar-refractivity contribution is 5.85. The zero-order valence-electron chi connectivity index (χ0n) is 24.7. The topological polar surface area (TPSA) is 110 Å². The van der Waals surface area contributed by atoms with Gasteiger partial charge in [-0.15, -0.1) is 0 Å². The van der Waals surface area contributed by atoms with Crippen LogP contribution in [-0.4, -0.2) is 45.0 Å². The zero-order chi connectivity index (χ0) is 30.0. The number of nitrogens with zero attached hydrogens (tertiary/aromatic N) is 3. The average molecular weight is 583 g/mol. The molecule has 4 rings (SSSR count). The van der Waals surface area contributed by atoms with Gasteiger partial charge in [0.15, 0.2) is 17.6 Å². The van der Waals surface area contributed by atoms with Gasteiger partial charge in [-0.25, -0.2) is 9.78 Å². The quantitative estimate of drug-likeness (QED) is 0.194. The van der Waals surface area contributed by atoms with Gasteiger partial charge in [-0.2, -0.15) is 18.2 Å². The Labute approximate surface area is 240 Å². The first-order valence-corrected chi connectivity index (χ1v) is 15.0. The summed E-state index contributed by atoms with van der Waals surface area (Å²) in [6.07, 6.45) is 9.93. The Bertz CT molecular complexity index is 1100. The number of carbonyl (C=O) groups is 1. The summed E-state index contributed by atoms with van der Waals surface area (Å²) in [5, 5.41) is 16.7. The van der Waals surface area contributed by atoms with E-state index >= 15 is 0 Å². The van der Waals surface area contributed by atoms with Crippen molar-refractivity contribution < 1.29 is 32.3 Å². The molecular formula is C30H45F3N4O4. The Balaban J connectivity index is 0.000000228. The Hall–Kier alpha value is -2.69. The summed E-state index contributed by atoms with van der Waals surface area (Å²) >= 11 is 0. The third-order valence-corrected chi connectivity index (χ3v) is 7.80. The maximum Gasteiger partial charge on any atom is 0.425 e. The fourth-order valence-corrected chi connectivity index (χ4v) is 4.81. The Morgan fingerprint density at radius 2 is 1.76 bits per heavy atom. The summed E-state index contributed by atoms with van der Waals surface area (Å²) in [4.78, 5) is 19.0. The van der Waals surface area contributed by atoms with Crippen LogP contribution in [0.4, 0.5) is 13.2 Å². The monoisotopic (exact) mass is 582 g/mol. The first-order valence-electron chi connectivity index (χ1n) is 15.0. The molecule has 1 unspecified atom stereocenters. The van der Waals surface area contributed by atoms with Crippen molar-refractivity contribution in [3.8, 4) is 5.75 Å². The molecule has 2 heterocycles. The molecule has 2 N–H and O–H groups in total. The molecule has 2 aromatic heterocycles. The van der Waals surface area contributed by atoms with Crippen molar-refractivity contribution in [3.63, 3.8) is 0 Å². The normalized spacial score (nSPS) is 17.3. The second-order valence-corrected chi connectivity index (χ2v) is 11.5. The van der Waals surface area contributed by atoms with Gasteiger partial charge < -0.3 is 19.7 Å². The lowest BCUT2D eigenvalue weighted by molar-refractivity contribution is -0.189. The number of carboxylic acids is 1. The van der Waals surface area contributed by atoms with Crippen LogP contribution in [0.1, 0.15) is 132 Å². The number of rotatable bonds is 16. The van der Waals surface area contributed by atoms with Crippen molar-refractivity contribution >= 4 is 5.97 Å². The van der Waals surface area contributed by atoms with Crippen molar-refractivity contribution in [2.24, 2.45) is 5.92 Å². The molecule has 41 heavy (non-hydrogen) atoms. The minimum atomic E-state index is -4.49. The van der Waals surface area contributed by atoms with Crippen molar-refractivity contribution in [1.29, 1.82) is 0 Å². The molecule has 8 nitrogen and oxygen atoms in total. The first kappa shape index (κ1) is 32.8. The predicted octanol–water partition coefficient (Wildman–Crippen LogP) is 7.72. The number of carboxylic acid groups (broad SMARTS) is 1.